The van der Waals surface area contributed by atoms with E-state index >= 15 is 0 Å². The van der Waals surface area contributed by atoms with Gasteiger partial charge in [-0.1, -0.05) is 24.3 Å². The zero-order valence-electron chi connectivity index (χ0n) is 15.2. The number of amides is 2. The zero-order chi connectivity index (χ0) is 20.1. The van der Waals surface area contributed by atoms with Crippen LogP contribution in [0.4, 0.5) is 13.6 Å². The fourth-order valence-electron chi connectivity index (χ4n) is 3.51. The molecule has 0 spiro atoms. The Morgan fingerprint density at radius 1 is 0.857 bits per heavy atom. The molecule has 28 heavy (non-hydrogen) atoms. The SMILES string of the molecule is O=C(NC1CCC(C(=O)O)CC1)NC(c1ccc(F)cc1)c1ccc(F)cc1. The number of halogens is 2. The predicted molar refractivity (Wildman–Crippen MR) is 99.7 cm³/mol. The van der Waals surface area contributed by atoms with Crippen LogP contribution < -0.4 is 10.6 Å². The van der Waals surface area contributed by atoms with Crippen molar-refractivity contribution in [2.75, 3.05) is 0 Å². The van der Waals surface area contributed by atoms with E-state index in [2.05, 4.69) is 10.6 Å². The lowest BCUT2D eigenvalue weighted by Gasteiger charge is -2.28. The van der Waals surface area contributed by atoms with Crippen LogP contribution in [0.3, 0.4) is 0 Å². The molecule has 0 radical (unpaired) electrons. The molecule has 0 heterocycles. The monoisotopic (exact) mass is 388 g/mol. The minimum absolute atomic E-state index is 0.0994. The highest BCUT2D eigenvalue weighted by Crippen LogP contribution is 2.25. The number of nitrogens with one attached hydrogen (secondary N) is 2. The van der Waals surface area contributed by atoms with Crippen LogP contribution in [0.5, 0.6) is 0 Å². The Bertz CT molecular complexity index is 771. The first-order valence-electron chi connectivity index (χ1n) is 9.23. The van der Waals surface area contributed by atoms with Gasteiger partial charge in [0, 0.05) is 6.04 Å². The topological polar surface area (TPSA) is 78.4 Å². The van der Waals surface area contributed by atoms with E-state index in [0.717, 1.165) is 0 Å². The molecule has 2 amide bonds. The summed E-state index contributed by atoms with van der Waals surface area (Å²) in [5, 5.41) is 14.8. The average molecular weight is 388 g/mol. The number of aliphatic carboxylic acids is 1. The average Bonchev–Trinajstić information content (AvgIpc) is 2.68. The standard InChI is InChI=1S/C21H22F2N2O3/c22-16-7-1-13(2-8-16)19(14-3-9-17(23)10-4-14)25-21(28)24-18-11-5-15(6-12-18)20(26)27/h1-4,7-10,15,18-19H,5-6,11-12H2,(H,26,27)(H2,24,25,28). The lowest BCUT2D eigenvalue weighted by Crippen LogP contribution is -2.45. The first-order chi connectivity index (χ1) is 13.4. The van der Waals surface area contributed by atoms with Gasteiger partial charge in [-0.25, -0.2) is 13.6 Å². The molecule has 7 heteroatoms. The molecule has 5 nitrogen and oxygen atoms in total. The fourth-order valence-corrected chi connectivity index (χ4v) is 3.51. The van der Waals surface area contributed by atoms with Crippen molar-refractivity contribution in [3.8, 4) is 0 Å². The molecule has 1 saturated carbocycles. The summed E-state index contributed by atoms with van der Waals surface area (Å²) in [6.45, 7) is 0. The third-order valence-electron chi connectivity index (χ3n) is 5.09. The van der Waals surface area contributed by atoms with E-state index < -0.39 is 18.0 Å². The number of carboxylic acid groups (broad SMARTS) is 1. The Labute approximate surface area is 161 Å². The van der Waals surface area contributed by atoms with Crippen LogP contribution in [0, 0.1) is 17.6 Å². The van der Waals surface area contributed by atoms with E-state index in [1.165, 1.54) is 24.3 Å². The van der Waals surface area contributed by atoms with Crippen LogP contribution in [0.25, 0.3) is 0 Å². The van der Waals surface area contributed by atoms with E-state index in [1.54, 1.807) is 24.3 Å². The summed E-state index contributed by atoms with van der Waals surface area (Å²) in [6.07, 6.45) is 2.25. The quantitative estimate of drug-likeness (QED) is 0.725. The van der Waals surface area contributed by atoms with E-state index in [4.69, 9.17) is 5.11 Å². The summed E-state index contributed by atoms with van der Waals surface area (Å²) in [5.74, 6) is -1.93. The first-order valence-corrected chi connectivity index (χ1v) is 9.23. The van der Waals surface area contributed by atoms with E-state index in [1.807, 2.05) is 0 Å². The third-order valence-corrected chi connectivity index (χ3v) is 5.09. The Balaban J connectivity index is 1.69. The van der Waals surface area contributed by atoms with Gasteiger partial charge in [0.15, 0.2) is 0 Å². The van der Waals surface area contributed by atoms with Crippen LogP contribution in [-0.4, -0.2) is 23.1 Å². The van der Waals surface area contributed by atoms with Gasteiger partial charge < -0.3 is 15.7 Å². The molecule has 3 rings (SSSR count). The fraction of sp³-hybridized carbons (Fsp3) is 0.333. The summed E-state index contributed by atoms with van der Waals surface area (Å²) in [5.41, 5.74) is 1.33. The molecule has 2 aromatic carbocycles. The van der Waals surface area contributed by atoms with Gasteiger partial charge in [0.25, 0.3) is 0 Å². The third kappa shape index (κ3) is 5.06. The minimum Gasteiger partial charge on any atom is -0.481 e. The highest BCUT2D eigenvalue weighted by molar-refractivity contribution is 5.75. The van der Waals surface area contributed by atoms with Crippen molar-refractivity contribution in [3.63, 3.8) is 0 Å². The van der Waals surface area contributed by atoms with Crippen molar-refractivity contribution in [3.05, 3.63) is 71.3 Å². The van der Waals surface area contributed by atoms with Crippen molar-refractivity contribution in [2.24, 2.45) is 5.92 Å². The van der Waals surface area contributed by atoms with E-state index in [9.17, 15) is 18.4 Å². The van der Waals surface area contributed by atoms with Crippen LogP contribution in [0.1, 0.15) is 42.9 Å². The molecule has 1 aliphatic carbocycles. The Morgan fingerprint density at radius 3 is 1.75 bits per heavy atom. The van der Waals surface area contributed by atoms with Gasteiger partial charge in [-0.3, -0.25) is 4.79 Å². The maximum Gasteiger partial charge on any atom is 0.315 e. The summed E-state index contributed by atoms with van der Waals surface area (Å²) in [4.78, 5) is 23.6. The second-order valence-corrected chi connectivity index (χ2v) is 7.04. The van der Waals surface area contributed by atoms with E-state index in [0.29, 0.717) is 36.8 Å². The molecule has 3 N–H and O–H groups in total. The number of carbonyl (C=O) groups is 2. The molecular weight excluding hydrogens is 366 g/mol. The van der Waals surface area contributed by atoms with Crippen LogP contribution in [0.2, 0.25) is 0 Å². The largest absolute Gasteiger partial charge is 0.481 e. The number of hydrogen-bond acceptors (Lipinski definition) is 2. The summed E-state index contributed by atoms with van der Waals surface area (Å²) in [7, 11) is 0. The van der Waals surface area contributed by atoms with Crippen molar-refractivity contribution < 1.29 is 23.5 Å². The molecule has 0 saturated heterocycles. The number of hydrogen-bond donors (Lipinski definition) is 3. The van der Waals surface area contributed by atoms with Gasteiger partial charge in [0.1, 0.15) is 11.6 Å². The van der Waals surface area contributed by atoms with Crippen molar-refractivity contribution >= 4 is 12.0 Å². The van der Waals surface area contributed by atoms with Gasteiger partial charge in [0.2, 0.25) is 0 Å². The predicted octanol–water partition coefficient (Wildman–Crippen LogP) is 4.00. The van der Waals surface area contributed by atoms with Crippen molar-refractivity contribution in [1.82, 2.24) is 10.6 Å². The molecule has 0 aromatic heterocycles. The smallest absolute Gasteiger partial charge is 0.315 e. The number of urea groups is 1. The molecule has 0 aliphatic heterocycles. The Morgan fingerprint density at radius 2 is 1.32 bits per heavy atom. The summed E-state index contributed by atoms with van der Waals surface area (Å²) >= 11 is 0. The maximum atomic E-state index is 13.3. The lowest BCUT2D eigenvalue weighted by atomic mass is 9.86. The number of carboxylic acids is 1. The highest BCUT2D eigenvalue weighted by Gasteiger charge is 2.27. The van der Waals surface area contributed by atoms with E-state index in [-0.39, 0.29) is 23.6 Å². The molecule has 1 aliphatic rings. The molecule has 0 atom stereocenters. The van der Waals surface area contributed by atoms with Crippen molar-refractivity contribution in [1.29, 1.82) is 0 Å². The molecule has 1 fully saturated rings. The number of carbonyl (C=O) groups excluding carboxylic acids is 1. The first kappa shape index (κ1) is 19.8. The summed E-state index contributed by atoms with van der Waals surface area (Å²) < 4.78 is 26.5. The second kappa shape index (κ2) is 8.82. The molecule has 0 bridgehead atoms. The lowest BCUT2D eigenvalue weighted by molar-refractivity contribution is -0.142. The van der Waals surface area contributed by atoms with Gasteiger partial charge in [0.05, 0.1) is 12.0 Å². The van der Waals surface area contributed by atoms with Gasteiger partial charge in [-0.15, -0.1) is 0 Å². The zero-order valence-corrected chi connectivity index (χ0v) is 15.2. The van der Waals surface area contributed by atoms with Gasteiger partial charge >= 0.3 is 12.0 Å². The van der Waals surface area contributed by atoms with Gasteiger partial charge in [-0.05, 0) is 61.1 Å². The highest BCUT2D eigenvalue weighted by atomic mass is 19.1. The Hall–Kier alpha value is -2.96. The number of rotatable bonds is 5. The minimum atomic E-state index is -0.796. The molecule has 2 aromatic rings. The molecule has 148 valence electrons. The van der Waals surface area contributed by atoms with Gasteiger partial charge in [-0.2, -0.15) is 0 Å². The van der Waals surface area contributed by atoms with Crippen LogP contribution >= 0.6 is 0 Å². The normalized spacial score (nSPS) is 19.2. The van der Waals surface area contributed by atoms with Crippen LogP contribution in [-0.2, 0) is 4.79 Å². The molecule has 0 unspecified atom stereocenters. The molecular formula is C21H22F2N2O3. The van der Waals surface area contributed by atoms with Crippen molar-refractivity contribution in [2.45, 2.75) is 37.8 Å². The Kier molecular flexibility index (Phi) is 6.23. The second-order valence-electron chi connectivity index (χ2n) is 7.04. The number of benzene rings is 2. The maximum absolute atomic E-state index is 13.3. The van der Waals surface area contributed by atoms with Crippen LogP contribution in [0.15, 0.2) is 48.5 Å². The summed E-state index contributed by atoms with van der Waals surface area (Å²) in [6, 6.07) is 10.4.